The molecule has 0 amide bonds. The fourth-order valence-corrected chi connectivity index (χ4v) is 18.0. The van der Waals surface area contributed by atoms with Crippen molar-refractivity contribution in [1.82, 2.24) is 0 Å². The summed E-state index contributed by atoms with van der Waals surface area (Å²) in [4.78, 5) is 40.1. The molecule has 11 heteroatoms. The molecular formula is C65H116NaO9P. The van der Waals surface area contributed by atoms with Crippen LogP contribution in [0, 0.1) is 56.7 Å². The maximum atomic E-state index is 13.9. The van der Waals surface area contributed by atoms with Crippen molar-refractivity contribution in [1.29, 1.82) is 0 Å². The summed E-state index contributed by atoms with van der Waals surface area (Å²) in [5.74, 6) is 1.26. The fourth-order valence-electron chi connectivity index (χ4n) is 17.1. The third-order valence-corrected chi connectivity index (χ3v) is 22.8. The van der Waals surface area contributed by atoms with Crippen LogP contribution < -0.4 is 34.5 Å². The number of rotatable bonds is 38. The standard InChI is InChI=1S/C65H117O9P.Na/c1-10-12-14-16-18-20-22-24-26-28-30-32-34-36-58(67)71-48-52(74-59(68)37-35-33-31-29-27-25-23-21-19-17-15-13-11-2)49-72-75(69,70)73-50-65-45-40-53(51(3)4)60(65)54-38-39-56-62(7)43-42-57(66)61(5,6)55(62)41-44-64(56,9)63(54,8)46-47-65;/h52-57,60,66H,3,10-50H2,1-2,4-9H3,(H,69,70);/q;+1/p-1/t52-,53+,54-,55+,56-,57+,60-,62+,63-,64-,65-;/m1./s1. The smallest absolute Gasteiger partial charge is 0.756 e. The minimum Gasteiger partial charge on any atom is -0.756 e. The van der Waals surface area contributed by atoms with E-state index < -0.39 is 26.5 Å². The van der Waals surface area contributed by atoms with Gasteiger partial charge in [-0.15, -0.1) is 0 Å². The Morgan fingerprint density at radius 3 is 1.61 bits per heavy atom. The molecule has 0 aromatic heterocycles. The van der Waals surface area contributed by atoms with Gasteiger partial charge in [-0.05, 0) is 141 Å². The molecule has 5 rings (SSSR count). The van der Waals surface area contributed by atoms with Crippen molar-refractivity contribution in [3.63, 3.8) is 0 Å². The Hall–Kier alpha value is -0.250. The van der Waals surface area contributed by atoms with Crippen molar-refractivity contribution in [2.45, 2.75) is 312 Å². The number of ether oxygens (including phenoxy) is 2. The number of phosphoric ester groups is 1. The van der Waals surface area contributed by atoms with Gasteiger partial charge in [0.1, 0.15) is 6.61 Å². The van der Waals surface area contributed by atoms with Gasteiger partial charge in [0.25, 0.3) is 7.82 Å². The Balaban J connectivity index is 0.0000125. The summed E-state index contributed by atoms with van der Waals surface area (Å²) in [5.41, 5.74) is 1.18. The summed E-state index contributed by atoms with van der Waals surface area (Å²) < 4.78 is 37.0. The summed E-state index contributed by atoms with van der Waals surface area (Å²) in [5, 5.41) is 11.2. The van der Waals surface area contributed by atoms with Crippen molar-refractivity contribution in [2.75, 3.05) is 19.8 Å². The molecule has 5 aliphatic rings. The maximum Gasteiger partial charge on any atom is 1.00 e. The van der Waals surface area contributed by atoms with Crippen molar-refractivity contribution < 1.29 is 72.2 Å². The van der Waals surface area contributed by atoms with Gasteiger partial charge < -0.3 is 28.5 Å². The van der Waals surface area contributed by atoms with Crippen LogP contribution in [0.25, 0.3) is 0 Å². The summed E-state index contributed by atoms with van der Waals surface area (Å²) in [6, 6.07) is 0. The van der Waals surface area contributed by atoms with Crippen LogP contribution >= 0.6 is 7.82 Å². The number of carbonyl (C=O) groups excluding carboxylic acids is 2. The molecule has 5 aliphatic carbocycles. The zero-order valence-electron chi connectivity index (χ0n) is 50.9. The van der Waals surface area contributed by atoms with E-state index in [0.29, 0.717) is 30.1 Å². The molecule has 0 aromatic carbocycles. The van der Waals surface area contributed by atoms with Gasteiger partial charge in [0.15, 0.2) is 6.10 Å². The molecule has 0 aromatic rings. The average molecular weight is 1100 g/mol. The van der Waals surface area contributed by atoms with Crippen LogP contribution in [0.5, 0.6) is 0 Å². The van der Waals surface area contributed by atoms with Crippen LogP contribution in [0.1, 0.15) is 299 Å². The van der Waals surface area contributed by atoms with E-state index in [1.165, 1.54) is 140 Å². The van der Waals surface area contributed by atoms with Gasteiger partial charge in [-0.1, -0.05) is 215 Å². The van der Waals surface area contributed by atoms with Crippen LogP contribution in [0.3, 0.4) is 0 Å². The Kier molecular flexibility index (Phi) is 29.8. The van der Waals surface area contributed by atoms with Crippen LogP contribution in [-0.4, -0.2) is 49.1 Å². The second-order valence-corrected chi connectivity index (χ2v) is 28.6. The fraction of sp³-hybridized carbons (Fsp3) is 0.938. The molecule has 0 saturated heterocycles. The summed E-state index contributed by atoms with van der Waals surface area (Å²) >= 11 is 0. The molecular weight excluding hydrogens is 979 g/mol. The summed E-state index contributed by atoms with van der Waals surface area (Å²) in [7, 11) is -4.85. The van der Waals surface area contributed by atoms with Gasteiger partial charge in [-0.25, -0.2) is 0 Å². The number of phosphoric acid groups is 1. The van der Waals surface area contributed by atoms with Gasteiger partial charge in [0.05, 0.1) is 19.3 Å². The first-order valence-corrected chi connectivity index (χ1v) is 33.5. The molecule has 0 radical (unpaired) electrons. The van der Waals surface area contributed by atoms with Crippen LogP contribution in [0.4, 0.5) is 0 Å². The molecule has 5 fully saturated rings. The van der Waals surface area contributed by atoms with Gasteiger partial charge in [0, 0.05) is 12.8 Å². The Labute approximate surface area is 489 Å². The number of aliphatic hydroxyl groups excluding tert-OH is 1. The van der Waals surface area contributed by atoms with E-state index in [4.69, 9.17) is 18.5 Å². The minimum absolute atomic E-state index is 0. The predicted octanol–water partition coefficient (Wildman–Crippen LogP) is 14.9. The quantitative estimate of drug-likeness (QED) is 0.0211. The number of unbranched alkanes of at least 4 members (excludes halogenated alkanes) is 24. The molecule has 0 spiro atoms. The van der Waals surface area contributed by atoms with Crippen molar-refractivity contribution in [3.8, 4) is 0 Å². The molecule has 76 heavy (non-hydrogen) atoms. The van der Waals surface area contributed by atoms with Crippen LogP contribution in [0.2, 0.25) is 0 Å². The number of carbonyl (C=O) groups is 2. The Morgan fingerprint density at radius 1 is 0.592 bits per heavy atom. The van der Waals surface area contributed by atoms with Gasteiger partial charge in [0.2, 0.25) is 0 Å². The molecule has 1 N–H and O–H groups in total. The maximum absolute atomic E-state index is 13.9. The van der Waals surface area contributed by atoms with E-state index in [0.717, 1.165) is 89.9 Å². The third kappa shape index (κ3) is 18.6. The third-order valence-electron chi connectivity index (χ3n) is 21.8. The van der Waals surface area contributed by atoms with Crippen molar-refractivity contribution in [3.05, 3.63) is 12.2 Å². The number of allylic oxidation sites excluding steroid dienone is 1. The number of hydrogen-bond acceptors (Lipinski definition) is 9. The zero-order chi connectivity index (χ0) is 54.6. The molecule has 0 aliphatic heterocycles. The van der Waals surface area contributed by atoms with Crippen LogP contribution in [0.15, 0.2) is 12.2 Å². The first-order valence-electron chi connectivity index (χ1n) is 32.1. The van der Waals surface area contributed by atoms with E-state index >= 15 is 0 Å². The van der Waals surface area contributed by atoms with Gasteiger partial charge in [-0.2, -0.15) is 0 Å². The normalized spacial score (nSPS) is 31.7. The Bertz CT molecular complexity index is 1760. The molecule has 9 nitrogen and oxygen atoms in total. The molecule has 436 valence electrons. The summed E-state index contributed by atoms with van der Waals surface area (Å²) in [6.45, 7) is 22.9. The van der Waals surface area contributed by atoms with E-state index in [-0.39, 0.29) is 101 Å². The number of hydrogen-bond donors (Lipinski definition) is 1. The number of esters is 2. The van der Waals surface area contributed by atoms with Gasteiger partial charge >= 0.3 is 41.5 Å². The van der Waals surface area contributed by atoms with E-state index in [1.807, 2.05) is 0 Å². The second-order valence-electron chi connectivity index (χ2n) is 27.2. The number of fused-ring (bicyclic) bond motifs is 7. The summed E-state index contributed by atoms with van der Waals surface area (Å²) in [6.07, 6.45) is 41.1. The second kappa shape index (κ2) is 33.1. The Morgan fingerprint density at radius 2 is 1.09 bits per heavy atom. The van der Waals surface area contributed by atoms with E-state index in [9.17, 15) is 24.2 Å². The van der Waals surface area contributed by atoms with E-state index in [2.05, 4.69) is 62.0 Å². The van der Waals surface area contributed by atoms with Gasteiger partial charge in [-0.3, -0.25) is 14.2 Å². The zero-order valence-corrected chi connectivity index (χ0v) is 53.8. The molecule has 1 unspecified atom stereocenters. The SMILES string of the molecule is C=C(C)[C@@H]1CC[C@]2(COP(=O)([O-])OC[C@@H](COC(=O)CCCCCCCCCCCCCCC)OC(=O)CCCCCCCCCCCCCCC)CC[C@]3(C)[C@H](CC[C@@H]4[C@@]5(C)CC[C@H](O)C(C)(C)[C@@H]5CC[C@]43C)[C@@H]12.[Na+]. The number of aliphatic hydroxyl groups is 1. The first kappa shape index (κ1) is 68.3. The van der Waals surface area contributed by atoms with E-state index in [1.54, 1.807) is 0 Å². The van der Waals surface area contributed by atoms with Crippen LogP contribution in [-0.2, 0) is 32.7 Å². The topological polar surface area (TPSA) is 131 Å². The predicted molar refractivity (Wildman–Crippen MR) is 306 cm³/mol. The largest absolute Gasteiger partial charge is 1.00 e. The molecule has 12 atom stereocenters. The average Bonchev–Trinajstić information content (AvgIpc) is 3.79. The van der Waals surface area contributed by atoms with Crippen molar-refractivity contribution in [2.24, 2.45) is 56.7 Å². The molecule has 0 heterocycles. The molecule has 0 bridgehead atoms. The molecule has 5 saturated carbocycles. The minimum atomic E-state index is -4.85. The monoisotopic (exact) mass is 1090 g/mol. The first-order chi connectivity index (χ1) is 35.8. The van der Waals surface area contributed by atoms with Crippen molar-refractivity contribution >= 4 is 19.8 Å².